The van der Waals surface area contributed by atoms with Gasteiger partial charge in [0.25, 0.3) is 0 Å². The summed E-state index contributed by atoms with van der Waals surface area (Å²) in [7, 11) is 0. The van der Waals surface area contributed by atoms with E-state index in [0.717, 1.165) is 11.1 Å². The van der Waals surface area contributed by atoms with Crippen molar-refractivity contribution in [1.29, 1.82) is 0 Å². The van der Waals surface area contributed by atoms with Gasteiger partial charge in [-0.05, 0) is 94.3 Å². The van der Waals surface area contributed by atoms with Gasteiger partial charge in [0.05, 0.1) is 50.3 Å². The summed E-state index contributed by atoms with van der Waals surface area (Å²) in [4.78, 5) is 0. The van der Waals surface area contributed by atoms with E-state index in [-0.39, 0.29) is 18.4 Å². The van der Waals surface area contributed by atoms with E-state index in [1.807, 2.05) is 40.7 Å². The van der Waals surface area contributed by atoms with Gasteiger partial charge in [-0.25, -0.2) is 0 Å². The predicted molar refractivity (Wildman–Crippen MR) is 262 cm³/mol. The van der Waals surface area contributed by atoms with E-state index in [2.05, 4.69) is 26.8 Å². The third-order valence-electron chi connectivity index (χ3n) is 19.9. The van der Waals surface area contributed by atoms with E-state index in [0.29, 0.717) is 44.9 Å². The fraction of sp³-hybridized carbons (Fsp3) is 0.925. The second-order valence-corrected chi connectivity index (χ2v) is 24.9. The molecule has 0 aromatic rings. The monoisotopic (exact) mass is 1090 g/mol. The largest absolute Gasteiger partial charge is 0.394 e. The molecule has 4 saturated heterocycles. The number of ether oxygens (including phenoxy) is 8. The van der Waals surface area contributed by atoms with Crippen molar-refractivity contribution in [2.75, 3.05) is 26.4 Å². The lowest BCUT2D eigenvalue weighted by molar-refractivity contribution is -0.375. The molecule has 0 bridgehead atoms. The Labute approximate surface area is 443 Å². The zero-order valence-electron chi connectivity index (χ0n) is 44.8. The highest BCUT2D eigenvalue weighted by Gasteiger charge is 2.73. The van der Waals surface area contributed by atoms with Crippen molar-refractivity contribution < 1.29 is 114 Å². The summed E-state index contributed by atoms with van der Waals surface area (Å²) >= 11 is 0. The molecule has 3 saturated carbocycles. The highest BCUT2D eigenvalue weighted by Crippen LogP contribution is 2.75. The molecule has 76 heavy (non-hydrogen) atoms. The molecular formula is C53H88O23. The first-order valence-corrected chi connectivity index (χ1v) is 27.1. The van der Waals surface area contributed by atoms with Crippen LogP contribution in [0.4, 0.5) is 0 Å². The molecule has 2 unspecified atom stereocenters. The maximum Gasteiger partial charge on any atom is 0.187 e. The Morgan fingerprint density at radius 2 is 1.24 bits per heavy atom. The summed E-state index contributed by atoms with van der Waals surface area (Å²) in [6.07, 6.45) is -25.6. The lowest BCUT2D eigenvalue weighted by Crippen LogP contribution is -2.68. The van der Waals surface area contributed by atoms with Crippen LogP contribution in [0.1, 0.15) is 100 Å². The van der Waals surface area contributed by atoms with E-state index in [9.17, 15) is 76.6 Å². The smallest absolute Gasteiger partial charge is 0.187 e. The summed E-state index contributed by atoms with van der Waals surface area (Å²) in [5.74, 6) is -1.14. The van der Waals surface area contributed by atoms with Crippen LogP contribution in [0.5, 0.6) is 0 Å². The third-order valence-corrected chi connectivity index (χ3v) is 19.9. The van der Waals surface area contributed by atoms with Gasteiger partial charge in [0, 0.05) is 10.8 Å². The third kappa shape index (κ3) is 10.3. The Kier molecular flexibility index (Phi) is 18.1. The van der Waals surface area contributed by atoms with E-state index < -0.39 is 188 Å². The van der Waals surface area contributed by atoms with Crippen LogP contribution in [0.25, 0.3) is 0 Å². The average molecular weight is 1090 g/mol. The van der Waals surface area contributed by atoms with Crippen LogP contribution in [0.15, 0.2) is 23.3 Å². The van der Waals surface area contributed by atoms with Gasteiger partial charge in [-0.15, -0.1) is 0 Å². The number of aliphatic hydroxyl groups excluding tert-OH is 15. The predicted octanol–water partition coefficient (Wildman–Crippen LogP) is -2.67. The van der Waals surface area contributed by atoms with Crippen LogP contribution in [0.2, 0.25) is 0 Å². The molecule has 0 spiro atoms. The molecule has 4 aliphatic carbocycles. The minimum atomic E-state index is -1.85. The minimum absolute atomic E-state index is 0.288. The molecule has 8 aliphatic rings. The lowest BCUT2D eigenvalue weighted by atomic mass is 9.37. The topological polar surface area (TPSA) is 377 Å². The van der Waals surface area contributed by atoms with E-state index in [1.54, 1.807) is 0 Å². The summed E-state index contributed by atoms with van der Waals surface area (Å²) < 4.78 is 48.5. The van der Waals surface area contributed by atoms with Crippen LogP contribution in [-0.2, 0) is 37.9 Å². The molecule has 23 nitrogen and oxygen atoms in total. The molecule has 4 heterocycles. The number of rotatable bonds is 15. The second kappa shape index (κ2) is 22.7. The highest BCUT2D eigenvalue weighted by molar-refractivity contribution is 5.36. The van der Waals surface area contributed by atoms with Crippen LogP contribution in [0, 0.1) is 39.4 Å². The van der Waals surface area contributed by atoms with Crippen molar-refractivity contribution in [2.45, 2.75) is 241 Å². The number of aliphatic hydroxyl groups is 15. The van der Waals surface area contributed by atoms with Crippen LogP contribution in [0.3, 0.4) is 0 Å². The summed E-state index contributed by atoms with van der Waals surface area (Å²) in [6, 6.07) is 0. The average Bonchev–Trinajstić information content (AvgIpc) is 3.85. The van der Waals surface area contributed by atoms with Crippen molar-refractivity contribution in [2.24, 2.45) is 39.4 Å². The van der Waals surface area contributed by atoms with Crippen LogP contribution < -0.4 is 0 Å². The molecule has 0 aromatic carbocycles. The zero-order valence-corrected chi connectivity index (χ0v) is 44.8. The molecule has 7 fully saturated rings. The fourth-order valence-electron chi connectivity index (χ4n) is 15.2. The molecular weight excluding hydrogens is 1000 g/mol. The van der Waals surface area contributed by atoms with E-state index in [1.165, 1.54) is 0 Å². The molecule has 0 aromatic heterocycles. The maximum atomic E-state index is 12.8. The Balaban J connectivity index is 1.05. The van der Waals surface area contributed by atoms with E-state index >= 15 is 0 Å². The van der Waals surface area contributed by atoms with Gasteiger partial charge in [-0.1, -0.05) is 57.9 Å². The maximum absolute atomic E-state index is 12.8. The van der Waals surface area contributed by atoms with E-state index in [4.69, 9.17) is 37.9 Å². The first-order valence-electron chi connectivity index (χ1n) is 27.1. The quantitative estimate of drug-likeness (QED) is 0.0744. The number of fused-ring (bicyclic) bond motifs is 5. The number of hydrogen-bond acceptors (Lipinski definition) is 23. The van der Waals surface area contributed by atoms with Crippen molar-refractivity contribution in [3.63, 3.8) is 0 Å². The van der Waals surface area contributed by atoms with Gasteiger partial charge in [0.1, 0.15) is 91.6 Å². The standard InChI is InChI=1S/C53H88O23/c1-22(2)10-9-13-52(7,76-47-43(68)39(64)37(62)28(73-47)21-70-45-41(66)34(59)25(57)20-69-45)23-11-15-51(6)33(23)24(56)16-30-50(5)14-12-32(49(3,4)29(50)17-31(58)53(30,51)8)74-48-44(40(65)36(61)27(19-55)72-48)75-46-42(67)38(63)35(60)26(18-54)71-46/h10,17,23-28,30-48,54-68H,9,11-16,18-21H2,1-8H3/t23?,24-,25-,26-,27-,28-,30-,31+,32+,33?,34+,35-,36-,37-,38+,39+,40+,41-,42-,43-,44-,45+,46+,47+,48+,50+,51-,52+,53+/m1/s1. The van der Waals surface area contributed by atoms with Crippen LogP contribution in [-0.4, -0.2) is 244 Å². The fourth-order valence-corrected chi connectivity index (χ4v) is 15.2. The van der Waals surface area contributed by atoms with Crippen molar-refractivity contribution in [3.8, 4) is 0 Å². The summed E-state index contributed by atoms with van der Waals surface area (Å²) in [5, 5.41) is 164. The molecule has 29 atom stereocenters. The normalized spacial score (nSPS) is 52.1. The van der Waals surface area contributed by atoms with Crippen molar-refractivity contribution >= 4 is 0 Å². The molecule has 15 N–H and O–H groups in total. The molecule has 4 aliphatic heterocycles. The molecule has 438 valence electrons. The van der Waals surface area contributed by atoms with Gasteiger partial charge in [-0.3, -0.25) is 0 Å². The number of hydrogen-bond donors (Lipinski definition) is 15. The van der Waals surface area contributed by atoms with Gasteiger partial charge < -0.3 is 114 Å². The summed E-state index contributed by atoms with van der Waals surface area (Å²) in [6.45, 7) is 13.9. The second-order valence-electron chi connectivity index (χ2n) is 24.9. The SMILES string of the molecule is CC(C)=CCC[C@](C)(O[C@@H]1O[C@H](CO[C@@H]2OC[C@@H](O)[C@H](O)[C@H]2O)[C@@H](O)[C@H](O)[C@H]1O)C1CC[C@]2(C)C1[C@H](O)C[C@H]1[C@@]2(C)[C@@H](O)C=C2C(C)(C)[C@@H](O[C@@H]3O[C@H](CO)[C@@H](O)[C@H](O)[C@H]3O[C@@H]3O[C@H](CO)[C@@H](O)[C@H](O)[C@H]3O)CC[C@@]21C. The van der Waals surface area contributed by atoms with Gasteiger partial charge in [-0.2, -0.15) is 0 Å². The molecule has 8 rings (SSSR count). The van der Waals surface area contributed by atoms with Gasteiger partial charge in [0.2, 0.25) is 0 Å². The Morgan fingerprint density at radius 3 is 1.87 bits per heavy atom. The van der Waals surface area contributed by atoms with Crippen LogP contribution >= 0.6 is 0 Å². The Morgan fingerprint density at radius 1 is 0.658 bits per heavy atom. The first kappa shape index (κ1) is 60.7. The molecule has 23 heteroatoms. The first-order chi connectivity index (χ1) is 35.5. The Hall–Kier alpha value is -1.44. The zero-order chi connectivity index (χ0) is 55.9. The lowest BCUT2D eigenvalue weighted by Gasteiger charge is -2.69. The minimum Gasteiger partial charge on any atom is -0.394 e. The highest BCUT2D eigenvalue weighted by atomic mass is 16.8. The number of allylic oxidation sites excluding steroid dienone is 2. The van der Waals surface area contributed by atoms with Crippen molar-refractivity contribution in [1.82, 2.24) is 0 Å². The van der Waals surface area contributed by atoms with Gasteiger partial charge in [0.15, 0.2) is 25.2 Å². The Bertz CT molecular complexity index is 2040. The van der Waals surface area contributed by atoms with Gasteiger partial charge >= 0.3 is 0 Å². The molecule has 0 amide bonds. The molecule has 0 radical (unpaired) electrons. The van der Waals surface area contributed by atoms with Crippen molar-refractivity contribution in [3.05, 3.63) is 23.3 Å². The summed E-state index contributed by atoms with van der Waals surface area (Å²) in [5.41, 5.74) is -2.28.